The van der Waals surface area contributed by atoms with Gasteiger partial charge in [0.2, 0.25) is 10.0 Å². The Morgan fingerprint density at radius 2 is 2.00 bits per heavy atom. The van der Waals surface area contributed by atoms with Crippen LogP contribution in [0.3, 0.4) is 0 Å². The standard InChI is InChI=1S/C14H22N2O4S/c1-5-14(3,4)16-13(17)9-20-12-7-6-11(8-10(12)2)21(15,18)19/h6-8H,5,9H2,1-4H3,(H,16,17)(H2,15,18,19). The Kier molecular flexibility index (Phi) is 5.36. The van der Waals surface area contributed by atoms with Gasteiger partial charge in [-0.2, -0.15) is 0 Å². The number of carbonyl (C=O) groups is 1. The normalized spacial score (nSPS) is 12.0. The maximum Gasteiger partial charge on any atom is 0.258 e. The van der Waals surface area contributed by atoms with E-state index < -0.39 is 10.0 Å². The van der Waals surface area contributed by atoms with Crippen LogP contribution in [-0.4, -0.2) is 26.5 Å². The first-order chi connectivity index (χ1) is 9.55. The fourth-order valence-corrected chi connectivity index (χ4v) is 2.20. The van der Waals surface area contributed by atoms with Gasteiger partial charge in [-0.25, -0.2) is 13.6 Å². The van der Waals surface area contributed by atoms with E-state index in [9.17, 15) is 13.2 Å². The van der Waals surface area contributed by atoms with E-state index in [-0.39, 0.29) is 22.9 Å². The summed E-state index contributed by atoms with van der Waals surface area (Å²) in [6.45, 7) is 7.41. The zero-order valence-electron chi connectivity index (χ0n) is 12.8. The van der Waals surface area contributed by atoms with Gasteiger partial charge in [0.1, 0.15) is 5.75 Å². The number of rotatable bonds is 6. The van der Waals surface area contributed by atoms with Gasteiger partial charge >= 0.3 is 0 Å². The number of ether oxygens (including phenoxy) is 1. The van der Waals surface area contributed by atoms with E-state index in [4.69, 9.17) is 9.88 Å². The molecule has 1 rings (SSSR count). The molecule has 0 aliphatic carbocycles. The van der Waals surface area contributed by atoms with E-state index in [1.165, 1.54) is 18.2 Å². The molecule has 1 aromatic carbocycles. The molecule has 1 aromatic rings. The van der Waals surface area contributed by atoms with Crippen molar-refractivity contribution in [1.29, 1.82) is 0 Å². The maximum atomic E-state index is 11.8. The van der Waals surface area contributed by atoms with Crippen molar-refractivity contribution in [2.75, 3.05) is 6.61 Å². The molecule has 0 atom stereocenters. The van der Waals surface area contributed by atoms with Gasteiger partial charge in [-0.15, -0.1) is 0 Å². The molecular formula is C14H22N2O4S. The fraction of sp³-hybridized carbons (Fsp3) is 0.500. The Hall–Kier alpha value is -1.60. The van der Waals surface area contributed by atoms with Crippen molar-refractivity contribution in [3.63, 3.8) is 0 Å². The zero-order valence-corrected chi connectivity index (χ0v) is 13.6. The molecule has 0 saturated heterocycles. The molecule has 0 aromatic heterocycles. The second kappa shape index (κ2) is 6.44. The number of hydrogen-bond donors (Lipinski definition) is 2. The number of primary sulfonamides is 1. The molecule has 1 amide bonds. The summed E-state index contributed by atoms with van der Waals surface area (Å²) in [6, 6.07) is 4.26. The Labute approximate surface area is 125 Å². The highest BCUT2D eigenvalue weighted by Crippen LogP contribution is 2.21. The molecule has 0 aliphatic rings. The molecule has 0 unspecified atom stereocenters. The van der Waals surface area contributed by atoms with E-state index in [0.717, 1.165) is 6.42 Å². The minimum Gasteiger partial charge on any atom is -0.484 e. The highest BCUT2D eigenvalue weighted by molar-refractivity contribution is 7.89. The van der Waals surface area contributed by atoms with Crippen LogP contribution < -0.4 is 15.2 Å². The highest BCUT2D eigenvalue weighted by Gasteiger charge is 2.18. The van der Waals surface area contributed by atoms with Crippen LogP contribution in [0.4, 0.5) is 0 Å². The lowest BCUT2D eigenvalue weighted by molar-refractivity contribution is -0.124. The van der Waals surface area contributed by atoms with Gasteiger partial charge < -0.3 is 10.1 Å². The number of hydrogen-bond acceptors (Lipinski definition) is 4. The summed E-state index contributed by atoms with van der Waals surface area (Å²) in [5, 5.41) is 7.90. The van der Waals surface area contributed by atoms with Crippen molar-refractivity contribution < 1.29 is 17.9 Å². The molecular weight excluding hydrogens is 292 g/mol. The van der Waals surface area contributed by atoms with Crippen LogP contribution in [0, 0.1) is 6.92 Å². The van der Waals surface area contributed by atoms with E-state index in [2.05, 4.69) is 5.32 Å². The number of aryl methyl sites for hydroxylation is 1. The van der Waals surface area contributed by atoms with Gasteiger partial charge in [0.25, 0.3) is 5.91 Å². The van der Waals surface area contributed by atoms with Crippen molar-refractivity contribution in [3.05, 3.63) is 23.8 Å². The highest BCUT2D eigenvalue weighted by atomic mass is 32.2. The lowest BCUT2D eigenvalue weighted by Gasteiger charge is -2.24. The van der Waals surface area contributed by atoms with E-state index in [1.54, 1.807) is 6.92 Å². The van der Waals surface area contributed by atoms with Gasteiger partial charge in [-0.1, -0.05) is 6.92 Å². The molecule has 0 spiro atoms. The number of carbonyl (C=O) groups excluding carboxylic acids is 1. The summed E-state index contributed by atoms with van der Waals surface area (Å²) in [4.78, 5) is 11.8. The number of sulfonamides is 1. The van der Waals surface area contributed by atoms with Crippen LogP contribution in [0.2, 0.25) is 0 Å². The molecule has 0 fully saturated rings. The lowest BCUT2D eigenvalue weighted by Crippen LogP contribution is -2.44. The van der Waals surface area contributed by atoms with Crippen LogP contribution in [0.25, 0.3) is 0 Å². The summed E-state index contributed by atoms with van der Waals surface area (Å²) in [5.74, 6) is 0.226. The average Bonchev–Trinajstić information content (AvgIpc) is 2.35. The maximum absolute atomic E-state index is 11.8. The molecule has 118 valence electrons. The molecule has 7 heteroatoms. The summed E-state index contributed by atoms with van der Waals surface area (Å²) in [6.07, 6.45) is 0.806. The predicted molar refractivity (Wildman–Crippen MR) is 80.6 cm³/mol. The van der Waals surface area contributed by atoms with Gasteiger partial charge in [0, 0.05) is 5.54 Å². The largest absolute Gasteiger partial charge is 0.484 e. The minimum atomic E-state index is -3.74. The Balaban J connectivity index is 2.71. The van der Waals surface area contributed by atoms with Crippen molar-refractivity contribution in [2.45, 2.75) is 44.6 Å². The van der Waals surface area contributed by atoms with Crippen LogP contribution in [-0.2, 0) is 14.8 Å². The molecule has 21 heavy (non-hydrogen) atoms. The summed E-state index contributed by atoms with van der Waals surface area (Å²) in [5.41, 5.74) is 0.316. The topological polar surface area (TPSA) is 98.5 Å². The molecule has 0 bridgehead atoms. The van der Waals surface area contributed by atoms with Gasteiger partial charge in [-0.05, 0) is 51.0 Å². The quantitative estimate of drug-likeness (QED) is 0.827. The number of amides is 1. The Morgan fingerprint density at radius 3 is 2.48 bits per heavy atom. The molecule has 6 nitrogen and oxygen atoms in total. The van der Waals surface area contributed by atoms with Gasteiger partial charge in [-0.3, -0.25) is 4.79 Å². The Bertz CT molecular complexity index is 624. The molecule has 0 radical (unpaired) electrons. The van der Waals surface area contributed by atoms with Crippen molar-refractivity contribution in [3.8, 4) is 5.75 Å². The first-order valence-corrected chi connectivity index (χ1v) is 8.17. The van der Waals surface area contributed by atoms with Crippen molar-refractivity contribution in [1.82, 2.24) is 5.32 Å². The third-order valence-corrected chi connectivity index (χ3v) is 4.11. The summed E-state index contributed by atoms with van der Waals surface area (Å²) >= 11 is 0. The van der Waals surface area contributed by atoms with Crippen LogP contribution in [0.1, 0.15) is 32.8 Å². The van der Waals surface area contributed by atoms with E-state index in [0.29, 0.717) is 11.3 Å². The zero-order chi connectivity index (χ0) is 16.3. The third-order valence-electron chi connectivity index (χ3n) is 3.20. The summed E-state index contributed by atoms with van der Waals surface area (Å²) < 4.78 is 27.9. The number of benzene rings is 1. The Morgan fingerprint density at radius 1 is 1.38 bits per heavy atom. The monoisotopic (exact) mass is 314 g/mol. The molecule has 0 aliphatic heterocycles. The SMILES string of the molecule is CCC(C)(C)NC(=O)COc1ccc(S(N)(=O)=O)cc1C. The smallest absolute Gasteiger partial charge is 0.258 e. The van der Waals surface area contributed by atoms with Gasteiger partial charge in [0.05, 0.1) is 4.90 Å². The second-order valence-corrected chi connectivity index (χ2v) is 7.11. The average molecular weight is 314 g/mol. The molecule has 0 heterocycles. The lowest BCUT2D eigenvalue weighted by atomic mass is 10.0. The molecule has 0 saturated carbocycles. The first-order valence-electron chi connectivity index (χ1n) is 6.62. The number of nitrogens with two attached hydrogens (primary N) is 1. The minimum absolute atomic E-state index is 0.0175. The first kappa shape index (κ1) is 17.5. The van der Waals surface area contributed by atoms with Crippen molar-refractivity contribution >= 4 is 15.9 Å². The molecule has 3 N–H and O–H groups in total. The predicted octanol–water partition coefficient (Wildman–Crippen LogP) is 1.33. The van der Waals surface area contributed by atoms with E-state index in [1.807, 2.05) is 20.8 Å². The summed E-state index contributed by atoms with van der Waals surface area (Å²) in [7, 11) is -3.74. The number of nitrogens with one attached hydrogen (secondary N) is 1. The van der Waals surface area contributed by atoms with Crippen LogP contribution in [0.15, 0.2) is 23.1 Å². The van der Waals surface area contributed by atoms with Crippen LogP contribution in [0.5, 0.6) is 5.75 Å². The van der Waals surface area contributed by atoms with Crippen molar-refractivity contribution in [2.24, 2.45) is 5.14 Å². The second-order valence-electron chi connectivity index (χ2n) is 5.55. The van der Waals surface area contributed by atoms with Crippen LogP contribution >= 0.6 is 0 Å². The third kappa shape index (κ3) is 5.35. The fourth-order valence-electron chi connectivity index (χ4n) is 1.61. The van der Waals surface area contributed by atoms with E-state index >= 15 is 0 Å². The van der Waals surface area contributed by atoms with Gasteiger partial charge in [0.15, 0.2) is 6.61 Å².